The van der Waals surface area contributed by atoms with E-state index < -0.39 is 0 Å². The Morgan fingerprint density at radius 1 is 1.12 bits per heavy atom. The van der Waals surface area contributed by atoms with Crippen molar-refractivity contribution in [3.8, 4) is 5.75 Å². The quantitative estimate of drug-likeness (QED) is 0.580. The zero-order valence-electron chi connectivity index (χ0n) is 9.32. The van der Waals surface area contributed by atoms with Gasteiger partial charge < -0.3 is 4.74 Å². The van der Waals surface area contributed by atoms with Crippen LogP contribution in [0.5, 0.6) is 5.75 Å². The molecule has 0 N–H and O–H groups in total. The monoisotopic (exact) mass is 326 g/mol. The summed E-state index contributed by atoms with van der Waals surface area (Å²) < 4.78 is 6.12. The van der Waals surface area contributed by atoms with E-state index in [0.29, 0.717) is 0 Å². The fourth-order valence-corrected chi connectivity index (χ4v) is 2.59. The lowest BCUT2D eigenvalue weighted by atomic mass is 10.1. The standard InChI is InChI=1S/C14H15IO/c1-2-5-14(15)16-13-9-8-11-6-3-4-7-12(11)10-13/h3-4,6-10,14H,2,5H2,1H3. The van der Waals surface area contributed by atoms with Crippen molar-refractivity contribution in [1.82, 2.24) is 0 Å². The van der Waals surface area contributed by atoms with E-state index in [0.717, 1.165) is 18.6 Å². The first-order valence-electron chi connectivity index (χ1n) is 5.59. The molecule has 0 heterocycles. The van der Waals surface area contributed by atoms with Gasteiger partial charge in [-0.15, -0.1) is 0 Å². The highest BCUT2D eigenvalue weighted by molar-refractivity contribution is 14.1. The summed E-state index contributed by atoms with van der Waals surface area (Å²) >= 11 is 2.35. The molecule has 16 heavy (non-hydrogen) atoms. The Morgan fingerprint density at radius 3 is 2.62 bits per heavy atom. The third-order valence-electron chi connectivity index (χ3n) is 2.50. The van der Waals surface area contributed by atoms with Gasteiger partial charge in [-0.05, 0) is 51.9 Å². The number of benzene rings is 2. The van der Waals surface area contributed by atoms with Crippen LogP contribution >= 0.6 is 22.6 Å². The second kappa shape index (κ2) is 5.53. The van der Waals surface area contributed by atoms with Crippen LogP contribution in [0.25, 0.3) is 10.8 Å². The molecule has 0 amide bonds. The molecule has 0 aliphatic carbocycles. The molecule has 2 aromatic carbocycles. The molecule has 1 atom stereocenters. The van der Waals surface area contributed by atoms with Gasteiger partial charge in [0.05, 0.1) is 0 Å². The lowest BCUT2D eigenvalue weighted by molar-refractivity contribution is 0.291. The van der Waals surface area contributed by atoms with Crippen LogP contribution in [0.3, 0.4) is 0 Å². The molecule has 0 bridgehead atoms. The molecule has 84 valence electrons. The summed E-state index contributed by atoms with van der Waals surface area (Å²) in [4.78, 5) is 0. The number of hydrogen-bond acceptors (Lipinski definition) is 1. The lowest BCUT2D eigenvalue weighted by Crippen LogP contribution is -2.06. The summed E-state index contributed by atoms with van der Waals surface area (Å²) in [6.45, 7) is 2.18. The molecule has 0 aliphatic heterocycles. The number of fused-ring (bicyclic) bond motifs is 1. The van der Waals surface area contributed by atoms with Crippen LogP contribution in [0.1, 0.15) is 19.8 Å². The normalized spacial score (nSPS) is 12.6. The Labute approximate surface area is 110 Å². The van der Waals surface area contributed by atoms with Crippen molar-refractivity contribution in [1.29, 1.82) is 0 Å². The van der Waals surface area contributed by atoms with Crippen LogP contribution < -0.4 is 4.74 Å². The Morgan fingerprint density at radius 2 is 1.88 bits per heavy atom. The largest absolute Gasteiger partial charge is 0.480 e. The maximum absolute atomic E-state index is 5.85. The Bertz CT molecular complexity index is 467. The van der Waals surface area contributed by atoms with Crippen molar-refractivity contribution >= 4 is 33.4 Å². The van der Waals surface area contributed by atoms with Gasteiger partial charge in [-0.2, -0.15) is 0 Å². The first kappa shape index (κ1) is 11.7. The average molecular weight is 326 g/mol. The molecule has 1 unspecified atom stereocenters. The minimum Gasteiger partial charge on any atom is -0.480 e. The highest BCUT2D eigenvalue weighted by atomic mass is 127. The van der Waals surface area contributed by atoms with E-state index in [1.807, 2.05) is 6.07 Å². The van der Waals surface area contributed by atoms with Crippen LogP contribution in [0, 0.1) is 0 Å². The summed E-state index contributed by atoms with van der Waals surface area (Å²) in [5, 5.41) is 2.50. The predicted molar refractivity (Wildman–Crippen MR) is 77.3 cm³/mol. The molecule has 2 rings (SSSR count). The van der Waals surface area contributed by atoms with Crippen LogP contribution in [0.4, 0.5) is 0 Å². The van der Waals surface area contributed by atoms with Gasteiger partial charge in [-0.3, -0.25) is 0 Å². The number of halogens is 1. The SMILES string of the molecule is CCCC(I)Oc1ccc2ccccc2c1. The fourth-order valence-electron chi connectivity index (χ4n) is 1.67. The van der Waals surface area contributed by atoms with Crippen molar-refractivity contribution in [2.75, 3.05) is 0 Å². The Kier molecular flexibility index (Phi) is 4.04. The van der Waals surface area contributed by atoms with Crippen molar-refractivity contribution in [2.24, 2.45) is 0 Å². The minimum absolute atomic E-state index is 0.267. The summed E-state index contributed by atoms with van der Waals surface area (Å²) in [5.41, 5.74) is 0. The van der Waals surface area contributed by atoms with E-state index in [1.165, 1.54) is 10.8 Å². The summed E-state index contributed by atoms with van der Waals surface area (Å²) in [5.74, 6) is 0.964. The Hall–Kier alpha value is -0.770. The number of alkyl halides is 1. The highest BCUT2D eigenvalue weighted by Gasteiger charge is 2.04. The molecule has 1 nitrogen and oxygen atoms in total. The lowest BCUT2D eigenvalue weighted by Gasteiger charge is -2.12. The van der Waals surface area contributed by atoms with Crippen molar-refractivity contribution in [3.63, 3.8) is 0 Å². The molecule has 0 saturated carbocycles. The van der Waals surface area contributed by atoms with Crippen molar-refractivity contribution < 1.29 is 4.74 Å². The van der Waals surface area contributed by atoms with Gasteiger partial charge in [0.1, 0.15) is 9.86 Å². The number of hydrogen-bond donors (Lipinski definition) is 0. The van der Waals surface area contributed by atoms with E-state index in [1.54, 1.807) is 0 Å². The molecule has 0 aromatic heterocycles. The Balaban J connectivity index is 2.19. The molecule has 0 saturated heterocycles. The molecule has 2 aromatic rings. The summed E-state index contributed by atoms with van der Waals surface area (Å²) in [6.07, 6.45) is 2.24. The maximum atomic E-state index is 5.85. The summed E-state index contributed by atoms with van der Waals surface area (Å²) in [7, 11) is 0. The zero-order chi connectivity index (χ0) is 11.4. The van der Waals surface area contributed by atoms with Gasteiger partial charge in [0.15, 0.2) is 0 Å². The molecule has 0 aliphatic rings. The van der Waals surface area contributed by atoms with E-state index in [9.17, 15) is 0 Å². The van der Waals surface area contributed by atoms with Gasteiger partial charge in [-0.25, -0.2) is 0 Å². The van der Waals surface area contributed by atoms with Crippen LogP contribution in [0.2, 0.25) is 0 Å². The first-order valence-corrected chi connectivity index (χ1v) is 6.83. The van der Waals surface area contributed by atoms with Gasteiger partial charge in [0, 0.05) is 0 Å². The van der Waals surface area contributed by atoms with Gasteiger partial charge in [0.25, 0.3) is 0 Å². The van der Waals surface area contributed by atoms with Gasteiger partial charge in [-0.1, -0.05) is 43.7 Å². The smallest absolute Gasteiger partial charge is 0.149 e. The molecule has 0 radical (unpaired) electrons. The first-order chi connectivity index (χ1) is 7.79. The zero-order valence-corrected chi connectivity index (χ0v) is 11.5. The molecule has 2 heteroatoms. The molecule has 0 spiro atoms. The predicted octanol–water partition coefficient (Wildman–Crippen LogP) is 4.78. The van der Waals surface area contributed by atoms with E-state index in [-0.39, 0.29) is 4.11 Å². The third kappa shape index (κ3) is 2.88. The summed E-state index contributed by atoms with van der Waals surface area (Å²) in [6, 6.07) is 14.6. The van der Waals surface area contributed by atoms with Crippen molar-refractivity contribution in [3.05, 3.63) is 42.5 Å². The molecule has 0 fully saturated rings. The fraction of sp³-hybridized carbons (Fsp3) is 0.286. The van der Waals surface area contributed by atoms with Crippen LogP contribution in [-0.4, -0.2) is 4.11 Å². The van der Waals surface area contributed by atoms with Crippen LogP contribution in [0.15, 0.2) is 42.5 Å². The third-order valence-corrected chi connectivity index (χ3v) is 3.38. The molecular formula is C14H15IO. The van der Waals surface area contributed by atoms with E-state index in [4.69, 9.17) is 4.74 Å². The topological polar surface area (TPSA) is 9.23 Å². The van der Waals surface area contributed by atoms with E-state index in [2.05, 4.69) is 65.9 Å². The van der Waals surface area contributed by atoms with Crippen LogP contribution in [-0.2, 0) is 0 Å². The molecular weight excluding hydrogens is 311 g/mol. The second-order valence-corrected chi connectivity index (χ2v) is 5.21. The van der Waals surface area contributed by atoms with Gasteiger partial charge in [0.2, 0.25) is 0 Å². The number of ether oxygens (including phenoxy) is 1. The highest BCUT2D eigenvalue weighted by Crippen LogP contribution is 2.23. The minimum atomic E-state index is 0.267. The van der Waals surface area contributed by atoms with Crippen molar-refractivity contribution in [2.45, 2.75) is 23.9 Å². The number of rotatable bonds is 4. The van der Waals surface area contributed by atoms with E-state index >= 15 is 0 Å². The average Bonchev–Trinajstić information content (AvgIpc) is 2.29. The van der Waals surface area contributed by atoms with Gasteiger partial charge >= 0.3 is 0 Å². The maximum Gasteiger partial charge on any atom is 0.149 e. The second-order valence-electron chi connectivity index (χ2n) is 3.83.